The normalized spacial score (nSPS) is 13.7. The molecule has 0 radical (unpaired) electrons. The average molecular weight is 183 g/mol. The van der Waals surface area contributed by atoms with E-state index in [-0.39, 0.29) is 11.9 Å². The summed E-state index contributed by atoms with van der Waals surface area (Å²) in [4.78, 5) is 0. The monoisotopic (exact) mass is 183 g/mol. The number of rotatable bonds is 6. The van der Waals surface area contributed by atoms with Crippen LogP contribution in [0.2, 0.25) is 0 Å². The van der Waals surface area contributed by atoms with Crippen LogP contribution in [0, 0.1) is 12.3 Å². The highest BCUT2D eigenvalue weighted by molar-refractivity contribution is 5.85. The third kappa shape index (κ3) is 5.10. The van der Waals surface area contributed by atoms with Crippen LogP contribution in [0.1, 0.15) is 26.2 Å². The first-order valence-corrected chi connectivity index (χ1v) is 4.40. The standard InChI is InChI=1S/C9H17N3O/c1-3-5-6-7-11-8(4-2)9(10)12-13/h1,8,11,13H,4-7H2,2H3,(H2,10,12). The number of hydrogen-bond donors (Lipinski definition) is 3. The number of amidine groups is 1. The molecule has 1 atom stereocenters. The molecule has 0 aromatic heterocycles. The molecule has 0 amide bonds. The minimum Gasteiger partial charge on any atom is -0.409 e. The number of nitrogens with one attached hydrogen (secondary N) is 1. The molecular weight excluding hydrogens is 166 g/mol. The smallest absolute Gasteiger partial charge is 0.156 e. The van der Waals surface area contributed by atoms with Crippen molar-refractivity contribution in [3.8, 4) is 12.3 Å². The van der Waals surface area contributed by atoms with Gasteiger partial charge in [0.25, 0.3) is 0 Å². The molecule has 0 rings (SSSR count). The Kier molecular flexibility index (Phi) is 6.75. The molecule has 74 valence electrons. The van der Waals surface area contributed by atoms with Gasteiger partial charge in [0.05, 0.1) is 6.04 Å². The van der Waals surface area contributed by atoms with Crippen LogP contribution in [0.3, 0.4) is 0 Å². The summed E-state index contributed by atoms with van der Waals surface area (Å²) in [5.41, 5.74) is 5.44. The summed E-state index contributed by atoms with van der Waals surface area (Å²) in [6.07, 6.45) is 7.55. The van der Waals surface area contributed by atoms with Crippen LogP contribution in [0.4, 0.5) is 0 Å². The number of unbranched alkanes of at least 4 members (excludes halogenated alkanes) is 1. The van der Waals surface area contributed by atoms with Gasteiger partial charge in [-0.1, -0.05) is 12.1 Å². The lowest BCUT2D eigenvalue weighted by molar-refractivity contribution is 0.314. The fraction of sp³-hybridized carbons (Fsp3) is 0.667. The topological polar surface area (TPSA) is 70.6 Å². The van der Waals surface area contributed by atoms with Gasteiger partial charge in [-0.2, -0.15) is 0 Å². The lowest BCUT2D eigenvalue weighted by Gasteiger charge is -2.14. The molecule has 0 bridgehead atoms. The summed E-state index contributed by atoms with van der Waals surface area (Å²) in [6.45, 7) is 2.76. The predicted octanol–water partition coefficient (Wildman–Crippen LogP) is 0.514. The van der Waals surface area contributed by atoms with Crippen molar-refractivity contribution in [2.24, 2.45) is 10.9 Å². The molecule has 4 nitrogen and oxygen atoms in total. The molecule has 0 aromatic rings. The van der Waals surface area contributed by atoms with Gasteiger partial charge < -0.3 is 16.3 Å². The van der Waals surface area contributed by atoms with Crippen LogP contribution in [-0.4, -0.2) is 23.6 Å². The van der Waals surface area contributed by atoms with Crippen LogP contribution in [0.15, 0.2) is 5.16 Å². The first-order chi connectivity index (χ1) is 6.26. The highest BCUT2D eigenvalue weighted by atomic mass is 16.4. The summed E-state index contributed by atoms with van der Waals surface area (Å²) < 4.78 is 0. The molecule has 4 heteroatoms. The number of hydrogen-bond acceptors (Lipinski definition) is 3. The van der Waals surface area contributed by atoms with Gasteiger partial charge in [0.1, 0.15) is 0 Å². The minimum atomic E-state index is -0.0530. The molecule has 0 saturated heterocycles. The fourth-order valence-electron chi connectivity index (χ4n) is 0.994. The van der Waals surface area contributed by atoms with Gasteiger partial charge in [0.2, 0.25) is 0 Å². The van der Waals surface area contributed by atoms with Crippen molar-refractivity contribution in [3.05, 3.63) is 0 Å². The number of terminal acetylenes is 1. The third-order valence-corrected chi connectivity index (χ3v) is 1.77. The summed E-state index contributed by atoms with van der Waals surface area (Å²) in [7, 11) is 0. The van der Waals surface area contributed by atoms with Crippen LogP contribution < -0.4 is 11.1 Å². The zero-order valence-corrected chi connectivity index (χ0v) is 7.95. The van der Waals surface area contributed by atoms with Crippen molar-refractivity contribution < 1.29 is 5.21 Å². The molecule has 0 aliphatic carbocycles. The van der Waals surface area contributed by atoms with E-state index in [4.69, 9.17) is 17.4 Å². The van der Waals surface area contributed by atoms with Gasteiger partial charge in [-0.3, -0.25) is 0 Å². The van der Waals surface area contributed by atoms with E-state index >= 15 is 0 Å². The highest BCUT2D eigenvalue weighted by Gasteiger charge is 2.09. The maximum atomic E-state index is 8.43. The van der Waals surface area contributed by atoms with E-state index in [1.165, 1.54) is 0 Å². The summed E-state index contributed by atoms with van der Waals surface area (Å²) in [6, 6.07) is -0.0530. The lowest BCUT2D eigenvalue weighted by atomic mass is 10.2. The first kappa shape index (κ1) is 11.8. The van der Waals surface area contributed by atoms with E-state index in [1.807, 2.05) is 6.92 Å². The van der Waals surface area contributed by atoms with Crippen molar-refractivity contribution in [1.29, 1.82) is 0 Å². The van der Waals surface area contributed by atoms with Crippen LogP contribution in [0.25, 0.3) is 0 Å². The van der Waals surface area contributed by atoms with Crippen LogP contribution in [-0.2, 0) is 0 Å². The Morgan fingerprint density at radius 3 is 2.92 bits per heavy atom. The number of nitrogens with two attached hydrogens (primary N) is 1. The second kappa shape index (κ2) is 7.44. The van der Waals surface area contributed by atoms with E-state index < -0.39 is 0 Å². The Labute approximate surface area is 79.2 Å². The molecule has 0 aliphatic heterocycles. The molecule has 0 spiro atoms. The Morgan fingerprint density at radius 2 is 2.46 bits per heavy atom. The van der Waals surface area contributed by atoms with Crippen LogP contribution in [0.5, 0.6) is 0 Å². The van der Waals surface area contributed by atoms with Crippen molar-refractivity contribution in [3.63, 3.8) is 0 Å². The average Bonchev–Trinajstić information content (AvgIpc) is 2.17. The van der Waals surface area contributed by atoms with E-state index in [0.717, 1.165) is 25.8 Å². The summed E-state index contributed by atoms with van der Waals surface area (Å²) in [5.74, 6) is 2.78. The largest absolute Gasteiger partial charge is 0.409 e. The van der Waals surface area contributed by atoms with Gasteiger partial charge >= 0.3 is 0 Å². The molecule has 13 heavy (non-hydrogen) atoms. The van der Waals surface area contributed by atoms with Gasteiger partial charge in [0.15, 0.2) is 5.84 Å². The fourth-order valence-corrected chi connectivity index (χ4v) is 0.994. The quantitative estimate of drug-likeness (QED) is 0.140. The van der Waals surface area contributed by atoms with Crippen molar-refractivity contribution in [2.75, 3.05) is 6.54 Å². The summed E-state index contributed by atoms with van der Waals surface area (Å²) >= 11 is 0. The van der Waals surface area contributed by atoms with Crippen molar-refractivity contribution in [2.45, 2.75) is 32.2 Å². The van der Waals surface area contributed by atoms with E-state index in [9.17, 15) is 0 Å². The molecule has 0 aliphatic rings. The van der Waals surface area contributed by atoms with Gasteiger partial charge in [-0.25, -0.2) is 0 Å². The second-order valence-electron chi connectivity index (χ2n) is 2.75. The third-order valence-electron chi connectivity index (χ3n) is 1.77. The predicted molar refractivity (Wildman–Crippen MR) is 53.6 cm³/mol. The SMILES string of the molecule is C#CCCCNC(CC)C(N)=NO. The molecule has 0 heterocycles. The molecule has 0 fully saturated rings. The number of nitrogens with zero attached hydrogens (tertiary/aromatic N) is 1. The van der Waals surface area contributed by atoms with Crippen LogP contribution >= 0.6 is 0 Å². The lowest BCUT2D eigenvalue weighted by Crippen LogP contribution is -2.41. The molecule has 0 aromatic carbocycles. The molecule has 4 N–H and O–H groups in total. The summed E-state index contributed by atoms with van der Waals surface area (Å²) in [5, 5.41) is 14.5. The Bertz CT molecular complexity index is 196. The van der Waals surface area contributed by atoms with E-state index in [0.29, 0.717) is 0 Å². The zero-order chi connectivity index (χ0) is 10.1. The van der Waals surface area contributed by atoms with E-state index in [1.54, 1.807) is 0 Å². The van der Waals surface area contributed by atoms with Gasteiger partial charge in [-0.15, -0.1) is 12.3 Å². The minimum absolute atomic E-state index is 0.0530. The molecular formula is C9H17N3O. The highest BCUT2D eigenvalue weighted by Crippen LogP contribution is 1.92. The second-order valence-corrected chi connectivity index (χ2v) is 2.75. The maximum absolute atomic E-state index is 8.43. The Morgan fingerprint density at radius 1 is 1.77 bits per heavy atom. The van der Waals surface area contributed by atoms with Crippen molar-refractivity contribution in [1.82, 2.24) is 5.32 Å². The van der Waals surface area contributed by atoms with Gasteiger partial charge in [-0.05, 0) is 19.4 Å². The molecule has 1 unspecified atom stereocenters. The maximum Gasteiger partial charge on any atom is 0.156 e. The zero-order valence-electron chi connectivity index (χ0n) is 7.95. The van der Waals surface area contributed by atoms with E-state index in [2.05, 4.69) is 16.4 Å². The Hall–Kier alpha value is -1.21. The number of oxime groups is 1. The van der Waals surface area contributed by atoms with Gasteiger partial charge in [0, 0.05) is 6.42 Å². The Balaban J connectivity index is 3.68. The molecule has 0 saturated carbocycles. The van der Waals surface area contributed by atoms with Crippen molar-refractivity contribution >= 4 is 5.84 Å². The first-order valence-electron chi connectivity index (χ1n) is 4.40.